The number of hydrogen-bond acceptors (Lipinski definition) is 6. The number of carbonyl (C=O) groups is 2. The highest BCUT2D eigenvalue weighted by molar-refractivity contribution is 6.19. The first-order valence-electron chi connectivity index (χ1n) is 8.64. The number of ether oxygens (including phenoxy) is 2. The van der Waals surface area contributed by atoms with E-state index in [-0.39, 0.29) is 11.4 Å². The summed E-state index contributed by atoms with van der Waals surface area (Å²) < 4.78 is 11.7. The third-order valence-corrected chi connectivity index (χ3v) is 4.62. The second-order valence-electron chi connectivity index (χ2n) is 6.19. The van der Waals surface area contributed by atoms with Crippen LogP contribution in [0, 0.1) is 0 Å². The molecule has 0 aliphatic carbocycles. The van der Waals surface area contributed by atoms with Crippen LogP contribution in [0.1, 0.15) is 26.5 Å². The maximum Gasteiger partial charge on any atom is 0.360 e. The highest BCUT2D eigenvalue weighted by Gasteiger charge is 2.26. The zero-order valence-electron chi connectivity index (χ0n) is 15.4. The highest BCUT2D eigenvalue weighted by Crippen LogP contribution is 2.33. The van der Waals surface area contributed by atoms with Crippen molar-refractivity contribution in [2.75, 3.05) is 14.2 Å². The lowest BCUT2D eigenvalue weighted by molar-refractivity contribution is 0.0577. The largest absolute Gasteiger partial charge is 0.464 e. The number of aromatic nitrogens is 3. The molecule has 0 aliphatic rings. The van der Waals surface area contributed by atoms with Gasteiger partial charge in [0.05, 0.1) is 19.7 Å². The molecule has 0 spiro atoms. The van der Waals surface area contributed by atoms with E-state index in [2.05, 4.69) is 10.2 Å². The third kappa shape index (κ3) is 2.77. The standard InChI is InChI=1S/C21H17N3O4/c1-27-20(25)17-16-14-10-6-7-11-15(14)24(12-13-8-4-3-5-9-13)19(16)18(23-22-17)21(26)28-2/h3-11H,12H2,1-2H3. The average molecular weight is 375 g/mol. The summed E-state index contributed by atoms with van der Waals surface area (Å²) in [6, 6.07) is 17.4. The molecule has 0 atom stereocenters. The van der Waals surface area contributed by atoms with E-state index in [1.807, 2.05) is 59.2 Å². The summed E-state index contributed by atoms with van der Waals surface area (Å²) in [5.74, 6) is -1.23. The molecule has 7 heteroatoms. The number of nitrogens with zero attached hydrogens (tertiary/aromatic N) is 3. The first kappa shape index (κ1) is 17.7. The Hall–Kier alpha value is -3.74. The van der Waals surface area contributed by atoms with Crippen LogP contribution in [0.4, 0.5) is 0 Å². The van der Waals surface area contributed by atoms with E-state index in [4.69, 9.17) is 9.47 Å². The summed E-state index contributed by atoms with van der Waals surface area (Å²) >= 11 is 0. The van der Waals surface area contributed by atoms with Gasteiger partial charge in [-0.15, -0.1) is 10.2 Å². The average Bonchev–Trinajstić information content (AvgIpc) is 3.07. The van der Waals surface area contributed by atoms with E-state index in [0.29, 0.717) is 17.4 Å². The fraction of sp³-hybridized carbons (Fsp3) is 0.143. The molecule has 7 nitrogen and oxygen atoms in total. The maximum absolute atomic E-state index is 12.4. The first-order chi connectivity index (χ1) is 13.7. The van der Waals surface area contributed by atoms with Gasteiger partial charge in [-0.2, -0.15) is 0 Å². The van der Waals surface area contributed by atoms with Gasteiger partial charge in [0, 0.05) is 22.8 Å². The van der Waals surface area contributed by atoms with Crippen molar-refractivity contribution < 1.29 is 19.1 Å². The smallest absolute Gasteiger partial charge is 0.360 e. The Balaban J connectivity index is 2.13. The van der Waals surface area contributed by atoms with Crippen molar-refractivity contribution in [3.63, 3.8) is 0 Å². The van der Waals surface area contributed by atoms with Crippen LogP contribution in [0.3, 0.4) is 0 Å². The second-order valence-corrected chi connectivity index (χ2v) is 6.19. The molecule has 2 aromatic heterocycles. The number of carbonyl (C=O) groups excluding carboxylic acids is 2. The zero-order valence-corrected chi connectivity index (χ0v) is 15.4. The summed E-state index contributed by atoms with van der Waals surface area (Å²) in [7, 11) is 2.57. The molecular formula is C21H17N3O4. The fourth-order valence-corrected chi connectivity index (χ4v) is 3.39. The SMILES string of the molecule is COC(=O)c1nnc(C(=O)OC)c2c1c1ccccc1n2Cc1ccccc1. The fourth-order valence-electron chi connectivity index (χ4n) is 3.39. The summed E-state index contributed by atoms with van der Waals surface area (Å²) in [4.78, 5) is 24.7. The molecule has 0 amide bonds. The van der Waals surface area contributed by atoms with E-state index in [9.17, 15) is 9.59 Å². The van der Waals surface area contributed by atoms with Gasteiger partial charge in [-0.25, -0.2) is 9.59 Å². The number of methoxy groups -OCH3 is 2. The lowest BCUT2D eigenvalue weighted by Crippen LogP contribution is -2.14. The van der Waals surface area contributed by atoms with E-state index in [1.165, 1.54) is 14.2 Å². The first-order valence-corrected chi connectivity index (χ1v) is 8.64. The summed E-state index contributed by atoms with van der Waals surface area (Å²) in [6.45, 7) is 0.487. The number of rotatable bonds is 4. The Morgan fingerprint density at radius 2 is 1.46 bits per heavy atom. The van der Waals surface area contributed by atoms with Crippen LogP contribution in [0.15, 0.2) is 54.6 Å². The van der Waals surface area contributed by atoms with Gasteiger partial charge in [-0.3, -0.25) is 0 Å². The summed E-state index contributed by atoms with van der Waals surface area (Å²) in [6.07, 6.45) is 0. The molecule has 0 aliphatic heterocycles. The van der Waals surface area contributed by atoms with Crippen molar-refractivity contribution in [1.29, 1.82) is 0 Å². The molecule has 0 N–H and O–H groups in total. The number of para-hydroxylation sites is 1. The van der Waals surface area contributed by atoms with Crippen LogP contribution in [-0.2, 0) is 16.0 Å². The van der Waals surface area contributed by atoms with Crippen molar-refractivity contribution in [1.82, 2.24) is 14.8 Å². The Morgan fingerprint density at radius 3 is 2.18 bits per heavy atom. The van der Waals surface area contributed by atoms with Crippen LogP contribution >= 0.6 is 0 Å². The van der Waals surface area contributed by atoms with E-state index >= 15 is 0 Å². The summed E-state index contributed by atoms with van der Waals surface area (Å²) in [5, 5.41) is 9.28. The van der Waals surface area contributed by atoms with Crippen molar-refractivity contribution in [3.05, 3.63) is 71.5 Å². The molecule has 0 radical (unpaired) electrons. The Bertz CT molecular complexity index is 1200. The highest BCUT2D eigenvalue weighted by atomic mass is 16.5. The minimum absolute atomic E-state index is 0.0530. The zero-order chi connectivity index (χ0) is 19.7. The van der Waals surface area contributed by atoms with Crippen LogP contribution < -0.4 is 0 Å². The predicted molar refractivity (Wildman–Crippen MR) is 103 cm³/mol. The van der Waals surface area contributed by atoms with E-state index in [0.717, 1.165) is 16.5 Å². The van der Waals surface area contributed by atoms with Gasteiger partial charge in [0.25, 0.3) is 0 Å². The Labute approximate surface area is 160 Å². The quantitative estimate of drug-likeness (QED) is 0.509. The molecular weight excluding hydrogens is 358 g/mol. The van der Waals surface area contributed by atoms with Crippen LogP contribution in [0.2, 0.25) is 0 Å². The van der Waals surface area contributed by atoms with Gasteiger partial charge < -0.3 is 14.0 Å². The minimum Gasteiger partial charge on any atom is -0.464 e. The predicted octanol–water partition coefficient (Wildman–Crippen LogP) is 3.21. The van der Waals surface area contributed by atoms with Crippen LogP contribution in [0.5, 0.6) is 0 Å². The number of benzene rings is 2. The normalized spacial score (nSPS) is 10.9. The second kappa shape index (κ2) is 7.11. The number of esters is 2. The third-order valence-electron chi connectivity index (χ3n) is 4.62. The Kier molecular flexibility index (Phi) is 4.49. The topological polar surface area (TPSA) is 83.3 Å². The van der Waals surface area contributed by atoms with Gasteiger partial charge in [0.2, 0.25) is 0 Å². The molecule has 0 saturated heterocycles. The number of fused-ring (bicyclic) bond motifs is 3. The molecule has 28 heavy (non-hydrogen) atoms. The van der Waals surface area contributed by atoms with Crippen molar-refractivity contribution >= 4 is 33.7 Å². The molecule has 2 heterocycles. The van der Waals surface area contributed by atoms with E-state index in [1.54, 1.807) is 0 Å². The van der Waals surface area contributed by atoms with E-state index < -0.39 is 11.9 Å². The van der Waals surface area contributed by atoms with Crippen molar-refractivity contribution in [2.24, 2.45) is 0 Å². The molecule has 4 aromatic rings. The van der Waals surface area contributed by atoms with Crippen molar-refractivity contribution in [2.45, 2.75) is 6.54 Å². The molecule has 0 unspecified atom stereocenters. The van der Waals surface area contributed by atoms with Crippen LogP contribution in [-0.4, -0.2) is 40.9 Å². The lowest BCUT2D eigenvalue weighted by atomic mass is 10.1. The molecule has 140 valence electrons. The van der Waals surface area contributed by atoms with Gasteiger partial charge in [0.1, 0.15) is 0 Å². The molecule has 0 saturated carbocycles. The van der Waals surface area contributed by atoms with Gasteiger partial charge in [-0.05, 0) is 11.6 Å². The van der Waals surface area contributed by atoms with Crippen molar-refractivity contribution in [3.8, 4) is 0 Å². The Morgan fingerprint density at radius 1 is 0.857 bits per heavy atom. The van der Waals surface area contributed by atoms with Gasteiger partial charge in [-0.1, -0.05) is 48.5 Å². The number of hydrogen-bond donors (Lipinski definition) is 0. The van der Waals surface area contributed by atoms with Crippen LogP contribution in [0.25, 0.3) is 21.8 Å². The molecule has 0 bridgehead atoms. The van der Waals surface area contributed by atoms with Gasteiger partial charge in [0.15, 0.2) is 11.4 Å². The molecule has 4 rings (SSSR count). The van der Waals surface area contributed by atoms with Gasteiger partial charge >= 0.3 is 11.9 Å². The maximum atomic E-state index is 12.4. The summed E-state index contributed by atoms with van der Waals surface area (Å²) in [5.41, 5.74) is 2.50. The molecule has 0 fully saturated rings. The monoisotopic (exact) mass is 375 g/mol. The molecule has 2 aromatic carbocycles. The minimum atomic E-state index is -0.619. The lowest BCUT2D eigenvalue weighted by Gasteiger charge is -2.10.